The number of nitrogens with zero attached hydrogens (tertiary/aromatic N) is 1. The number of alkyl halides is 3. The fourth-order valence-corrected chi connectivity index (χ4v) is 4.17. The van der Waals surface area contributed by atoms with Gasteiger partial charge in [0.15, 0.2) is 0 Å². The predicted octanol–water partition coefficient (Wildman–Crippen LogP) is 3.65. The normalized spacial score (nSPS) is 25.5. The van der Waals surface area contributed by atoms with E-state index in [9.17, 15) is 13.2 Å². The number of rotatable bonds is 3. The van der Waals surface area contributed by atoms with Crippen LogP contribution < -0.4 is 5.32 Å². The summed E-state index contributed by atoms with van der Waals surface area (Å²) in [6.07, 6.45) is 0.153. The molecule has 19 heavy (non-hydrogen) atoms. The van der Waals surface area contributed by atoms with Crippen LogP contribution >= 0.6 is 11.8 Å². The molecule has 1 aromatic heterocycles. The summed E-state index contributed by atoms with van der Waals surface area (Å²) in [7, 11) is 1.71. The van der Waals surface area contributed by atoms with Gasteiger partial charge < -0.3 is 5.32 Å². The second-order valence-corrected chi connectivity index (χ2v) is 6.58. The van der Waals surface area contributed by atoms with Crippen molar-refractivity contribution < 1.29 is 13.2 Å². The van der Waals surface area contributed by atoms with E-state index in [1.807, 2.05) is 6.92 Å². The fourth-order valence-electron chi connectivity index (χ4n) is 2.71. The molecule has 0 amide bonds. The highest BCUT2D eigenvalue weighted by Gasteiger charge is 2.43. The van der Waals surface area contributed by atoms with E-state index in [1.165, 1.54) is 12.4 Å². The highest BCUT2D eigenvalue weighted by molar-refractivity contribution is 8.00. The molecule has 0 radical (unpaired) electrons. The molecule has 1 fully saturated rings. The molecule has 6 heteroatoms. The van der Waals surface area contributed by atoms with Crippen LogP contribution in [0.25, 0.3) is 0 Å². The fraction of sp³-hybridized carbons (Fsp3) is 0.615. The summed E-state index contributed by atoms with van der Waals surface area (Å²) >= 11 is 1.73. The summed E-state index contributed by atoms with van der Waals surface area (Å²) in [5, 5.41) is 3.05. The molecule has 0 spiro atoms. The second-order valence-electron chi connectivity index (χ2n) is 4.95. The van der Waals surface area contributed by atoms with Crippen LogP contribution in [0, 0.1) is 0 Å². The van der Waals surface area contributed by atoms with Gasteiger partial charge in [-0.3, -0.25) is 4.98 Å². The van der Waals surface area contributed by atoms with E-state index in [0.29, 0.717) is 0 Å². The van der Waals surface area contributed by atoms with Gasteiger partial charge in [-0.1, -0.05) is 0 Å². The van der Waals surface area contributed by atoms with E-state index in [1.54, 1.807) is 18.8 Å². The van der Waals surface area contributed by atoms with Gasteiger partial charge in [0.05, 0.1) is 5.56 Å². The molecule has 2 heterocycles. The SMILES string of the molecule is CNC(c1cnccc1C(F)(F)F)C1(C)CCCS1. The molecule has 2 unspecified atom stereocenters. The van der Waals surface area contributed by atoms with Gasteiger partial charge in [0.2, 0.25) is 0 Å². The quantitative estimate of drug-likeness (QED) is 0.920. The average Bonchev–Trinajstić information content (AvgIpc) is 2.77. The van der Waals surface area contributed by atoms with Gasteiger partial charge >= 0.3 is 6.18 Å². The monoisotopic (exact) mass is 290 g/mol. The van der Waals surface area contributed by atoms with Gasteiger partial charge in [-0.05, 0) is 38.6 Å². The molecular weight excluding hydrogens is 273 g/mol. The van der Waals surface area contributed by atoms with Crippen molar-refractivity contribution in [3.8, 4) is 0 Å². The van der Waals surface area contributed by atoms with Crippen molar-refractivity contribution >= 4 is 11.8 Å². The number of thioether (sulfide) groups is 1. The van der Waals surface area contributed by atoms with Gasteiger partial charge in [-0.15, -0.1) is 0 Å². The van der Waals surface area contributed by atoms with Gasteiger partial charge in [0, 0.05) is 28.7 Å². The molecule has 106 valence electrons. The first-order chi connectivity index (χ1) is 8.88. The Morgan fingerprint density at radius 1 is 1.47 bits per heavy atom. The smallest absolute Gasteiger partial charge is 0.312 e. The molecule has 1 aliphatic rings. The first-order valence-corrected chi connectivity index (χ1v) is 7.19. The maximum absolute atomic E-state index is 13.1. The second kappa shape index (κ2) is 5.32. The standard InChI is InChI=1S/C13H17F3N2S/c1-12(5-3-7-19-12)11(17-2)9-8-18-6-4-10(9)13(14,15)16/h4,6,8,11,17H,3,5,7H2,1-2H3. The van der Waals surface area contributed by atoms with Crippen molar-refractivity contribution in [2.75, 3.05) is 12.8 Å². The van der Waals surface area contributed by atoms with E-state index in [4.69, 9.17) is 0 Å². The molecule has 2 rings (SSSR count). The molecule has 1 N–H and O–H groups in total. The lowest BCUT2D eigenvalue weighted by atomic mass is 9.88. The lowest BCUT2D eigenvalue weighted by Gasteiger charge is -2.34. The summed E-state index contributed by atoms with van der Waals surface area (Å²) in [4.78, 5) is 3.88. The summed E-state index contributed by atoms with van der Waals surface area (Å²) in [5.41, 5.74) is -0.343. The number of halogens is 3. The Morgan fingerprint density at radius 2 is 2.21 bits per heavy atom. The van der Waals surface area contributed by atoms with Gasteiger partial charge in [0.25, 0.3) is 0 Å². The summed E-state index contributed by atoms with van der Waals surface area (Å²) in [5.74, 6) is 0.996. The van der Waals surface area contributed by atoms with Crippen LogP contribution in [0.3, 0.4) is 0 Å². The minimum Gasteiger partial charge on any atom is -0.312 e. The number of pyridine rings is 1. The summed E-state index contributed by atoms with van der Waals surface area (Å²) in [6.45, 7) is 2.03. The van der Waals surface area contributed by atoms with E-state index in [-0.39, 0.29) is 16.4 Å². The third-order valence-electron chi connectivity index (χ3n) is 3.62. The van der Waals surface area contributed by atoms with E-state index in [0.717, 1.165) is 24.7 Å². The molecule has 0 aromatic carbocycles. The Morgan fingerprint density at radius 3 is 2.74 bits per heavy atom. The highest BCUT2D eigenvalue weighted by Crippen LogP contribution is 2.48. The number of hydrogen-bond acceptors (Lipinski definition) is 3. The average molecular weight is 290 g/mol. The van der Waals surface area contributed by atoms with Gasteiger partial charge in [-0.2, -0.15) is 24.9 Å². The maximum Gasteiger partial charge on any atom is 0.416 e. The molecule has 1 saturated heterocycles. The molecule has 2 nitrogen and oxygen atoms in total. The van der Waals surface area contributed by atoms with E-state index >= 15 is 0 Å². The van der Waals surface area contributed by atoms with Gasteiger partial charge in [-0.25, -0.2) is 0 Å². The third-order valence-corrected chi connectivity index (χ3v) is 5.21. The number of hydrogen-bond donors (Lipinski definition) is 1. The molecule has 1 aromatic rings. The molecule has 0 aliphatic carbocycles. The summed E-state index contributed by atoms with van der Waals surface area (Å²) in [6, 6.07) is 0.716. The minimum atomic E-state index is -4.34. The van der Waals surface area contributed by atoms with Crippen molar-refractivity contribution in [2.24, 2.45) is 0 Å². The Kier molecular flexibility index (Phi) is 4.11. The number of nitrogens with one attached hydrogen (secondary N) is 1. The first-order valence-electron chi connectivity index (χ1n) is 6.21. The zero-order chi connectivity index (χ0) is 14.1. The Hall–Kier alpha value is -0.750. The van der Waals surface area contributed by atoms with Crippen LogP contribution in [0.5, 0.6) is 0 Å². The van der Waals surface area contributed by atoms with Gasteiger partial charge in [0.1, 0.15) is 0 Å². The van der Waals surface area contributed by atoms with Crippen molar-refractivity contribution in [3.63, 3.8) is 0 Å². The first kappa shape index (κ1) is 14.7. The van der Waals surface area contributed by atoms with Crippen LogP contribution in [0.4, 0.5) is 13.2 Å². The van der Waals surface area contributed by atoms with Crippen molar-refractivity contribution in [1.29, 1.82) is 0 Å². The van der Waals surface area contributed by atoms with E-state index in [2.05, 4.69) is 10.3 Å². The van der Waals surface area contributed by atoms with Crippen molar-refractivity contribution in [2.45, 2.75) is 36.7 Å². The lowest BCUT2D eigenvalue weighted by Crippen LogP contribution is -2.37. The van der Waals surface area contributed by atoms with Crippen LogP contribution in [0.1, 0.15) is 36.9 Å². The molecule has 0 saturated carbocycles. The largest absolute Gasteiger partial charge is 0.416 e. The third kappa shape index (κ3) is 2.89. The topological polar surface area (TPSA) is 24.9 Å². The van der Waals surface area contributed by atoms with Crippen LogP contribution in [-0.2, 0) is 6.18 Å². The molecule has 2 atom stereocenters. The Labute approximate surface area is 115 Å². The maximum atomic E-state index is 13.1. The van der Waals surface area contributed by atoms with Crippen LogP contribution in [0.2, 0.25) is 0 Å². The number of aromatic nitrogens is 1. The lowest BCUT2D eigenvalue weighted by molar-refractivity contribution is -0.138. The van der Waals surface area contributed by atoms with E-state index < -0.39 is 11.7 Å². The molecule has 1 aliphatic heterocycles. The molecule has 0 bridgehead atoms. The molecular formula is C13H17F3N2S. The van der Waals surface area contributed by atoms with Crippen molar-refractivity contribution in [3.05, 3.63) is 29.6 Å². The van der Waals surface area contributed by atoms with Crippen molar-refractivity contribution in [1.82, 2.24) is 10.3 Å². The minimum absolute atomic E-state index is 0.211. The highest BCUT2D eigenvalue weighted by atomic mass is 32.2. The zero-order valence-electron chi connectivity index (χ0n) is 10.9. The zero-order valence-corrected chi connectivity index (χ0v) is 11.7. The Balaban J connectivity index is 2.44. The summed E-state index contributed by atoms with van der Waals surface area (Å²) < 4.78 is 39.1. The Bertz CT molecular complexity index is 442. The van der Waals surface area contributed by atoms with Crippen LogP contribution in [0.15, 0.2) is 18.5 Å². The van der Waals surface area contributed by atoms with Crippen LogP contribution in [-0.4, -0.2) is 22.5 Å². The predicted molar refractivity (Wildman–Crippen MR) is 71.1 cm³/mol.